The highest BCUT2D eigenvalue weighted by Crippen LogP contribution is 2.18. The number of hydrogen-bond acceptors (Lipinski definition) is 4. The molecule has 3 rings (SSSR count). The summed E-state index contributed by atoms with van der Waals surface area (Å²) < 4.78 is 1.42. The lowest BCUT2D eigenvalue weighted by molar-refractivity contribution is -0.152. The van der Waals surface area contributed by atoms with Gasteiger partial charge in [0.25, 0.3) is 5.56 Å². The molecule has 0 aliphatic carbocycles. The van der Waals surface area contributed by atoms with Crippen molar-refractivity contribution in [1.82, 2.24) is 14.5 Å². The number of piperidine rings is 1. The Hall–Kier alpha value is -2.70. The van der Waals surface area contributed by atoms with E-state index in [2.05, 4.69) is 4.98 Å². The number of likely N-dealkylation sites (tertiary alicyclic amines) is 1. The monoisotopic (exact) mass is 343 g/mol. The molecule has 1 saturated heterocycles. The lowest BCUT2D eigenvalue weighted by Gasteiger charge is -2.33. The van der Waals surface area contributed by atoms with Crippen LogP contribution in [0.2, 0.25) is 0 Å². The molecule has 0 spiro atoms. The van der Waals surface area contributed by atoms with Crippen LogP contribution in [0, 0.1) is 6.92 Å². The van der Waals surface area contributed by atoms with Crippen LogP contribution in [-0.4, -0.2) is 44.0 Å². The number of carbonyl (C=O) groups is 2. The smallest absolute Gasteiger partial charge is 0.326 e. The molecular formula is C18H21N3O4. The highest BCUT2D eigenvalue weighted by Gasteiger charge is 2.31. The summed E-state index contributed by atoms with van der Waals surface area (Å²) in [5.41, 5.74) is 1.41. The Labute approximate surface area is 144 Å². The van der Waals surface area contributed by atoms with Crippen LogP contribution in [0.1, 0.15) is 31.2 Å². The first-order chi connectivity index (χ1) is 12.0. The third-order valence-corrected chi connectivity index (χ3v) is 4.73. The van der Waals surface area contributed by atoms with Gasteiger partial charge in [-0.1, -0.05) is 12.1 Å². The number of benzene rings is 1. The maximum absolute atomic E-state index is 12.5. The van der Waals surface area contributed by atoms with Gasteiger partial charge in [-0.3, -0.25) is 14.2 Å². The molecule has 1 aliphatic heterocycles. The summed E-state index contributed by atoms with van der Waals surface area (Å²) in [6.07, 6.45) is 3.65. The normalized spacial score (nSPS) is 17.6. The molecule has 1 aromatic carbocycles. The van der Waals surface area contributed by atoms with Gasteiger partial charge in [-0.05, 0) is 37.8 Å². The van der Waals surface area contributed by atoms with Crippen LogP contribution in [0.5, 0.6) is 0 Å². The van der Waals surface area contributed by atoms with Crippen molar-refractivity contribution in [3.63, 3.8) is 0 Å². The van der Waals surface area contributed by atoms with Gasteiger partial charge in [-0.15, -0.1) is 0 Å². The molecule has 7 nitrogen and oxygen atoms in total. The van der Waals surface area contributed by atoms with Crippen molar-refractivity contribution in [1.29, 1.82) is 0 Å². The number of fused-ring (bicyclic) bond motifs is 1. The Morgan fingerprint density at radius 3 is 2.88 bits per heavy atom. The van der Waals surface area contributed by atoms with Crippen LogP contribution < -0.4 is 5.56 Å². The molecular weight excluding hydrogens is 322 g/mol. The fourth-order valence-electron chi connectivity index (χ4n) is 3.34. The Balaban J connectivity index is 1.76. The first kappa shape index (κ1) is 17.1. The summed E-state index contributed by atoms with van der Waals surface area (Å²) in [7, 11) is 0. The van der Waals surface area contributed by atoms with Crippen LogP contribution in [0.15, 0.2) is 29.3 Å². The van der Waals surface area contributed by atoms with Crippen molar-refractivity contribution < 1.29 is 14.7 Å². The largest absolute Gasteiger partial charge is 0.480 e. The summed E-state index contributed by atoms with van der Waals surface area (Å²) in [6.45, 7) is 2.54. The van der Waals surface area contributed by atoms with Gasteiger partial charge < -0.3 is 10.0 Å². The van der Waals surface area contributed by atoms with E-state index in [1.807, 2.05) is 13.0 Å². The molecule has 2 heterocycles. The zero-order chi connectivity index (χ0) is 18.0. The third kappa shape index (κ3) is 3.40. The fourth-order valence-corrected chi connectivity index (χ4v) is 3.34. The first-order valence-electron chi connectivity index (χ1n) is 8.46. The number of hydrogen-bond donors (Lipinski definition) is 1. The van der Waals surface area contributed by atoms with Gasteiger partial charge >= 0.3 is 5.97 Å². The molecule has 1 fully saturated rings. The van der Waals surface area contributed by atoms with Crippen molar-refractivity contribution in [2.24, 2.45) is 0 Å². The van der Waals surface area contributed by atoms with Gasteiger partial charge in [-0.2, -0.15) is 0 Å². The molecule has 0 saturated carbocycles. The van der Waals surface area contributed by atoms with E-state index in [0.717, 1.165) is 18.4 Å². The molecule has 0 bridgehead atoms. The van der Waals surface area contributed by atoms with Crippen molar-refractivity contribution >= 4 is 22.8 Å². The second-order valence-electron chi connectivity index (χ2n) is 6.40. The van der Waals surface area contributed by atoms with E-state index in [4.69, 9.17) is 0 Å². The van der Waals surface area contributed by atoms with E-state index in [-0.39, 0.29) is 24.4 Å². The minimum Gasteiger partial charge on any atom is -0.480 e. The van der Waals surface area contributed by atoms with Crippen LogP contribution in [0.3, 0.4) is 0 Å². The number of para-hydroxylation sites is 1. The Bertz CT molecular complexity index is 874. The number of carboxylic acids is 1. The van der Waals surface area contributed by atoms with Crippen LogP contribution in [-0.2, 0) is 16.1 Å². The van der Waals surface area contributed by atoms with Crippen LogP contribution >= 0.6 is 0 Å². The van der Waals surface area contributed by atoms with E-state index < -0.39 is 12.0 Å². The van der Waals surface area contributed by atoms with Crippen molar-refractivity contribution in [2.45, 2.75) is 45.2 Å². The second kappa shape index (κ2) is 7.04. The molecule has 2 aromatic rings. The summed E-state index contributed by atoms with van der Waals surface area (Å²) >= 11 is 0. The highest BCUT2D eigenvalue weighted by molar-refractivity contribution is 5.84. The summed E-state index contributed by atoms with van der Waals surface area (Å²) in [6, 6.07) is 4.67. The molecule has 1 amide bonds. The van der Waals surface area contributed by atoms with Gasteiger partial charge in [0.05, 0.1) is 17.2 Å². The minimum absolute atomic E-state index is 0.0860. The molecule has 0 radical (unpaired) electrons. The van der Waals surface area contributed by atoms with E-state index in [0.29, 0.717) is 23.9 Å². The summed E-state index contributed by atoms with van der Waals surface area (Å²) in [5, 5.41) is 9.80. The molecule has 7 heteroatoms. The number of rotatable bonds is 4. The zero-order valence-electron chi connectivity index (χ0n) is 14.1. The lowest BCUT2D eigenvalue weighted by atomic mass is 10.0. The quantitative estimate of drug-likeness (QED) is 0.909. The van der Waals surface area contributed by atoms with Crippen molar-refractivity contribution in [2.75, 3.05) is 6.54 Å². The maximum atomic E-state index is 12.5. The Morgan fingerprint density at radius 1 is 1.32 bits per heavy atom. The average molecular weight is 343 g/mol. The summed E-state index contributed by atoms with van der Waals surface area (Å²) in [4.78, 5) is 42.1. The number of aliphatic carboxylic acids is 1. The standard InChI is InChI=1S/C18H21N3O4/c1-12-5-4-6-13-16(12)19-11-20(17(13)23)10-8-15(22)21-9-3-2-7-14(21)18(24)25/h4-6,11,14H,2-3,7-10H2,1H3,(H,24,25)/t14-/m1/s1. The number of aromatic nitrogens is 2. The van der Waals surface area contributed by atoms with E-state index in [1.54, 1.807) is 12.1 Å². The average Bonchev–Trinajstić information content (AvgIpc) is 2.61. The molecule has 0 unspecified atom stereocenters. The fraction of sp³-hybridized carbons (Fsp3) is 0.444. The molecule has 1 atom stereocenters. The number of aryl methyl sites for hydroxylation is 2. The maximum Gasteiger partial charge on any atom is 0.326 e. The van der Waals surface area contributed by atoms with Crippen molar-refractivity contribution in [3.8, 4) is 0 Å². The molecule has 25 heavy (non-hydrogen) atoms. The van der Waals surface area contributed by atoms with Gasteiger partial charge in [0.2, 0.25) is 5.91 Å². The van der Waals surface area contributed by atoms with Gasteiger partial charge in [0.15, 0.2) is 0 Å². The third-order valence-electron chi connectivity index (χ3n) is 4.73. The Kier molecular flexibility index (Phi) is 4.83. The molecule has 1 N–H and O–H groups in total. The van der Waals surface area contributed by atoms with Crippen molar-refractivity contribution in [3.05, 3.63) is 40.4 Å². The number of amides is 1. The van der Waals surface area contributed by atoms with Gasteiger partial charge in [0.1, 0.15) is 6.04 Å². The molecule has 1 aromatic heterocycles. The topological polar surface area (TPSA) is 92.5 Å². The highest BCUT2D eigenvalue weighted by atomic mass is 16.4. The second-order valence-corrected chi connectivity index (χ2v) is 6.40. The van der Waals surface area contributed by atoms with E-state index >= 15 is 0 Å². The Morgan fingerprint density at radius 2 is 2.12 bits per heavy atom. The lowest BCUT2D eigenvalue weighted by Crippen LogP contribution is -2.48. The van der Waals surface area contributed by atoms with Gasteiger partial charge in [0, 0.05) is 19.5 Å². The predicted molar refractivity (Wildman–Crippen MR) is 92.3 cm³/mol. The minimum atomic E-state index is -0.965. The van der Waals surface area contributed by atoms with Crippen LogP contribution in [0.25, 0.3) is 10.9 Å². The zero-order valence-corrected chi connectivity index (χ0v) is 14.1. The number of carbonyl (C=O) groups excluding carboxylic acids is 1. The first-order valence-corrected chi connectivity index (χ1v) is 8.46. The van der Waals surface area contributed by atoms with Crippen LogP contribution in [0.4, 0.5) is 0 Å². The van der Waals surface area contributed by atoms with E-state index in [9.17, 15) is 19.5 Å². The number of carboxylic acid groups (broad SMARTS) is 1. The molecule has 1 aliphatic rings. The SMILES string of the molecule is Cc1cccc2c(=O)n(CCC(=O)N3CCCC[C@@H]3C(=O)O)cnc12. The molecule has 132 valence electrons. The van der Waals surface area contributed by atoms with E-state index in [1.165, 1.54) is 15.8 Å². The van der Waals surface area contributed by atoms with Gasteiger partial charge in [-0.25, -0.2) is 9.78 Å². The number of nitrogens with zero attached hydrogens (tertiary/aromatic N) is 3. The predicted octanol–water partition coefficient (Wildman–Crippen LogP) is 1.56. The summed E-state index contributed by atoms with van der Waals surface area (Å²) in [5.74, 6) is -1.20.